The number of likely N-dealkylation sites (tertiary alicyclic amines) is 1. The van der Waals surface area contributed by atoms with Gasteiger partial charge in [-0.3, -0.25) is 9.69 Å². The van der Waals surface area contributed by atoms with Gasteiger partial charge < -0.3 is 15.3 Å². The SMILES string of the molecule is O=C(O)C1CCC(C(=O)O)N(C(=O)O)C1. The van der Waals surface area contributed by atoms with Crippen LogP contribution in [0.25, 0.3) is 0 Å². The van der Waals surface area contributed by atoms with Crippen molar-refractivity contribution in [3.05, 3.63) is 0 Å². The summed E-state index contributed by atoms with van der Waals surface area (Å²) >= 11 is 0. The lowest BCUT2D eigenvalue weighted by Gasteiger charge is -2.33. The summed E-state index contributed by atoms with van der Waals surface area (Å²) in [6.07, 6.45) is -1.16. The van der Waals surface area contributed by atoms with Crippen molar-refractivity contribution in [2.24, 2.45) is 5.92 Å². The number of rotatable bonds is 2. The lowest BCUT2D eigenvalue weighted by atomic mass is 9.93. The van der Waals surface area contributed by atoms with Crippen LogP contribution < -0.4 is 0 Å². The van der Waals surface area contributed by atoms with Gasteiger partial charge >= 0.3 is 18.0 Å². The number of piperidine rings is 1. The molecule has 1 aliphatic heterocycles. The van der Waals surface area contributed by atoms with Crippen LogP contribution >= 0.6 is 0 Å². The van der Waals surface area contributed by atoms with E-state index in [1.165, 1.54) is 0 Å². The van der Waals surface area contributed by atoms with E-state index in [1.54, 1.807) is 0 Å². The molecule has 1 fully saturated rings. The van der Waals surface area contributed by atoms with Crippen molar-refractivity contribution in [3.63, 3.8) is 0 Å². The van der Waals surface area contributed by atoms with Crippen LogP contribution in [0.2, 0.25) is 0 Å². The van der Waals surface area contributed by atoms with Gasteiger partial charge in [-0.15, -0.1) is 0 Å². The molecular formula is C8H11NO6. The van der Waals surface area contributed by atoms with E-state index in [1.807, 2.05) is 0 Å². The average molecular weight is 217 g/mol. The Labute approximate surface area is 84.9 Å². The zero-order valence-electron chi connectivity index (χ0n) is 7.79. The first-order chi connectivity index (χ1) is 6.93. The van der Waals surface area contributed by atoms with Crippen molar-refractivity contribution in [1.29, 1.82) is 0 Å². The Morgan fingerprint density at radius 3 is 2.00 bits per heavy atom. The summed E-state index contributed by atoms with van der Waals surface area (Å²) in [5.41, 5.74) is 0. The molecule has 1 heterocycles. The maximum absolute atomic E-state index is 10.7. The van der Waals surface area contributed by atoms with Crippen LogP contribution in [0.15, 0.2) is 0 Å². The molecule has 7 nitrogen and oxygen atoms in total. The molecule has 0 aliphatic carbocycles. The summed E-state index contributed by atoms with van der Waals surface area (Å²) < 4.78 is 0. The van der Waals surface area contributed by atoms with E-state index >= 15 is 0 Å². The molecule has 0 aromatic heterocycles. The van der Waals surface area contributed by atoms with E-state index in [2.05, 4.69) is 0 Å². The molecule has 84 valence electrons. The fourth-order valence-electron chi connectivity index (χ4n) is 1.64. The van der Waals surface area contributed by atoms with Gasteiger partial charge in [0, 0.05) is 6.54 Å². The summed E-state index contributed by atoms with van der Waals surface area (Å²) in [5.74, 6) is -3.14. The molecule has 2 atom stereocenters. The predicted octanol–water partition coefficient (Wildman–Crippen LogP) is -0.0858. The van der Waals surface area contributed by atoms with Gasteiger partial charge in [-0.25, -0.2) is 9.59 Å². The van der Waals surface area contributed by atoms with Gasteiger partial charge in [0.1, 0.15) is 6.04 Å². The van der Waals surface area contributed by atoms with Gasteiger partial charge in [0.25, 0.3) is 0 Å². The second-order valence-corrected chi connectivity index (χ2v) is 3.40. The van der Waals surface area contributed by atoms with Gasteiger partial charge in [0.15, 0.2) is 0 Å². The molecule has 3 N–H and O–H groups in total. The zero-order valence-corrected chi connectivity index (χ0v) is 7.79. The number of nitrogens with zero attached hydrogens (tertiary/aromatic N) is 1. The molecule has 0 bridgehead atoms. The minimum absolute atomic E-state index is 0.0403. The predicted molar refractivity (Wildman–Crippen MR) is 46.5 cm³/mol. The van der Waals surface area contributed by atoms with Crippen molar-refractivity contribution in [2.75, 3.05) is 6.54 Å². The van der Waals surface area contributed by atoms with E-state index < -0.39 is 30.0 Å². The Kier molecular flexibility index (Phi) is 3.13. The second-order valence-electron chi connectivity index (χ2n) is 3.40. The monoisotopic (exact) mass is 217 g/mol. The fourth-order valence-corrected chi connectivity index (χ4v) is 1.64. The van der Waals surface area contributed by atoms with Crippen molar-refractivity contribution in [1.82, 2.24) is 4.90 Å². The first kappa shape index (κ1) is 11.3. The normalized spacial score (nSPS) is 26.0. The minimum atomic E-state index is -1.40. The van der Waals surface area contributed by atoms with Crippen LogP contribution in [0.3, 0.4) is 0 Å². The molecule has 2 unspecified atom stereocenters. The largest absolute Gasteiger partial charge is 0.481 e. The quantitative estimate of drug-likeness (QED) is 0.595. The van der Waals surface area contributed by atoms with Gasteiger partial charge in [-0.2, -0.15) is 0 Å². The minimum Gasteiger partial charge on any atom is -0.481 e. The summed E-state index contributed by atoms with van der Waals surface area (Å²) in [6, 6.07) is -1.13. The maximum Gasteiger partial charge on any atom is 0.408 e. The van der Waals surface area contributed by atoms with E-state index in [9.17, 15) is 14.4 Å². The van der Waals surface area contributed by atoms with Crippen LogP contribution in [0.4, 0.5) is 4.79 Å². The van der Waals surface area contributed by atoms with Crippen molar-refractivity contribution in [3.8, 4) is 0 Å². The zero-order chi connectivity index (χ0) is 11.6. The summed E-state index contributed by atoms with van der Waals surface area (Å²) in [7, 11) is 0. The summed E-state index contributed by atoms with van der Waals surface area (Å²) in [4.78, 5) is 32.7. The summed E-state index contributed by atoms with van der Waals surface area (Å²) in [6.45, 7) is -0.262. The maximum atomic E-state index is 10.7. The number of hydrogen-bond donors (Lipinski definition) is 3. The van der Waals surface area contributed by atoms with Crippen molar-refractivity contribution < 1.29 is 29.7 Å². The van der Waals surface area contributed by atoms with E-state index in [0.29, 0.717) is 4.90 Å². The Balaban J connectivity index is 2.78. The second kappa shape index (κ2) is 4.16. The Morgan fingerprint density at radius 2 is 1.60 bits per heavy atom. The van der Waals surface area contributed by atoms with E-state index in [4.69, 9.17) is 15.3 Å². The first-order valence-electron chi connectivity index (χ1n) is 4.38. The molecule has 0 aromatic rings. The molecule has 0 aromatic carbocycles. The smallest absolute Gasteiger partial charge is 0.408 e. The highest BCUT2D eigenvalue weighted by molar-refractivity contribution is 5.81. The van der Waals surface area contributed by atoms with Crippen molar-refractivity contribution in [2.45, 2.75) is 18.9 Å². The van der Waals surface area contributed by atoms with Crippen LogP contribution in [-0.4, -0.2) is 50.8 Å². The van der Waals surface area contributed by atoms with E-state index in [0.717, 1.165) is 0 Å². The lowest BCUT2D eigenvalue weighted by Crippen LogP contribution is -2.51. The Morgan fingerprint density at radius 1 is 1.00 bits per heavy atom. The van der Waals surface area contributed by atoms with Crippen LogP contribution in [-0.2, 0) is 9.59 Å². The average Bonchev–Trinajstić information content (AvgIpc) is 2.16. The van der Waals surface area contributed by atoms with Gasteiger partial charge in [0.05, 0.1) is 5.92 Å². The Bertz CT molecular complexity index is 302. The number of carbonyl (C=O) groups is 3. The molecule has 1 aliphatic rings. The molecule has 1 amide bonds. The molecule has 0 spiro atoms. The highest BCUT2D eigenvalue weighted by Crippen LogP contribution is 2.22. The summed E-state index contributed by atoms with van der Waals surface area (Å²) in [5, 5.41) is 26.2. The van der Waals surface area contributed by atoms with Crippen LogP contribution in [0, 0.1) is 5.92 Å². The number of hydrogen-bond acceptors (Lipinski definition) is 3. The standard InChI is InChI=1S/C8H11NO6/c10-6(11)4-1-2-5(7(12)13)9(3-4)8(14)15/h4-5H,1-3H2,(H,10,11)(H,12,13)(H,14,15). The number of carboxylic acid groups (broad SMARTS) is 3. The molecule has 0 saturated carbocycles. The van der Waals surface area contributed by atoms with Crippen LogP contribution in [0.1, 0.15) is 12.8 Å². The number of carboxylic acids is 2. The lowest BCUT2D eigenvalue weighted by molar-refractivity contribution is -0.150. The number of amides is 1. The topological polar surface area (TPSA) is 115 Å². The number of aliphatic carboxylic acids is 2. The highest BCUT2D eigenvalue weighted by Gasteiger charge is 2.38. The van der Waals surface area contributed by atoms with Gasteiger partial charge in [-0.1, -0.05) is 0 Å². The highest BCUT2D eigenvalue weighted by atomic mass is 16.4. The van der Waals surface area contributed by atoms with Gasteiger partial charge in [0.2, 0.25) is 0 Å². The van der Waals surface area contributed by atoms with Gasteiger partial charge in [-0.05, 0) is 12.8 Å². The Hall–Kier alpha value is -1.79. The molecule has 1 rings (SSSR count). The molecule has 7 heteroatoms. The van der Waals surface area contributed by atoms with E-state index in [-0.39, 0.29) is 19.4 Å². The third-order valence-electron chi connectivity index (χ3n) is 2.46. The molecular weight excluding hydrogens is 206 g/mol. The third-order valence-corrected chi connectivity index (χ3v) is 2.46. The fraction of sp³-hybridized carbons (Fsp3) is 0.625. The molecule has 1 saturated heterocycles. The molecule has 15 heavy (non-hydrogen) atoms. The molecule has 0 radical (unpaired) electrons. The first-order valence-corrected chi connectivity index (χ1v) is 4.38. The van der Waals surface area contributed by atoms with Crippen molar-refractivity contribution >= 4 is 18.0 Å². The van der Waals surface area contributed by atoms with Crippen LogP contribution in [0.5, 0.6) is 0 Å². The third kappa shape index (κ3) is 2.36.